The van der Waals surface area contributed by atoms with Gasteiger partial charge in [0.2, 0.25) is 0 Å². The van der Waals surface area contributed by atoms with Gasteiger partial charge in [0, 0.05) is 24.3 Å². The molecule has 0 aliphatic heterocycles. The zero-order valence-corrected chi connectivity index (χ0v) is 12.4. The summed E-state index contributed by atoms with van der Waals surface area (Å²) < 4.78 is 0. The third-order valence-electron chi connectivity index (χ3n) is 4.16. The summed E-state index contributed by atoms with van der Waals surface area (Å²) in [6, 6.07) is 2.64. The number of nitrogens with two attached hydrogens (primary N) is 1. The molecule has 0 spiro atoms. The molecule has 2 rings (SSSR count). The molecule has 2 unspecified atom stereocenters. The van der Waals surface area contributed by atoms with Crippen LogP contribution in [0.2, 0.25) is 0 Å². The summed E-state index contributed by atoms with van der Waals surface area (Å²) in [5, 5.41) is 0. The molecule has 4 nitrogen and oxygen atoms in total. The molecular weight excluding hydrogens is 236 g/mol. The third kappa shape index (κ3) is 3.24. The van der Waals surface area contributed by atoms with Crippen molar-refractivity contribution in [3.63, 3.8) is 0 Å². The predicted molar refractivity (Wildman–Crippen MR) is 79.3 cm³/mol. The highest BCUT2D eigenvalue weighted by molar-refractivity contribution is 5.41. The van der Waals surface area contributed by atoms with Gasteiger partial charge in [0.1, 0.15) is 11.6 Å². The van der Waals surface area contributed by atoms with E-state index in [0.717, 1.165) is 30.4 Å². The highest BCUT2D eigenvalue weighted by Gasteiger charge is 2.29. The molecule has 1 aromatic heterocycles. The van der Waals surface area contributed by atoms with Crippen LogP contribution in [0.5, 0.6) is 0 Å². The number of rotatable bonds is 4. The molecular formula is C15H26N4. The van der Waals surface area contributed by atoms with Crippen LogP contribution in [-0.4, -0.2) is 29.1 Å². The Kier molecular flexibility index (Phi) is 4.75. The number of nitrogens with zero attached hydrogens (tertiary/aromatic N) is 3. The highest BCUT2D eigenvalue weighted by atomic mass is 15.2. The molecule has 0 saturated heterocycles. The van der Waals surface area contributed by atoms with Crippen molar-refractivity contribution in [2.75, 3.05) is 18.0 Å². The SMILES string of the molecule is CCN(c1cc(C)nc(C)n1)C1CCCCC1CN. The van der Waals surface area contributed by atoms with E-state index >= 15 is 0 Å². The second kappa shape index (κ2) is 6.33. The Balaban J connectivity index is 2.27. The highest BCUT2D eigenvalue weighted by Crippen LogP contribution is 2.30. The average molecular weight is 262 g/mol. The fourth-order valence-corrected chi connectivity index (χ4v) is 3.28. The first-order valence-corrected chi connectivity index (χ1v) is 7.44. The van der Waals surface area contributed by atoms with E-state index in [4.69, 9.17) is 5.73 Å². The summed E-state index contributed by atoms with van der Waals surface area (Å²) in [5.74, 6) is 2.52. The zero-order chi connectivity index (χ0) is 13.8. The monoisotopic (exact) mass is 262 g/mol. The van der Waals surface area contributed by atoms with Gasteiger partial charge in [0.15, 0.2) is 0 Å². The maximum atomic E-state index is 5.96. The van der Waals surface area contributed by atoms with E-state index in [2.05, 4.69) is 27.9 Å². The minimum atomic E-state index is 0.539. The number of aromatic nitrogens is 2. The van der Waals surface area contributed by atoms with Gasteiger partial charge in [-0.05, 0) is 46.1 Å². The summed E-state index contributed by atoms with van der Waals surface area (Å²) >= 11 is 0. The van der Waals surface area contributed by atoms with E-state index in [1.807, 2.05) is 13.8 Å². The lowest BCUT2D eigenvalue weighted by Gasteiger charge is -2.40. The van der Waals surface area contributed by atoms with Crippen LogP contribution in [0.4, 0.5) is 5.82 Å². The summed E-state index contributed by atoms with van der Waals surface area (Å²) in [5.41, 5.74) is 7.01. The summed E-state index contributed by atoms with van der Waals surface area (Å²) in [6.07, 6.45) is 5.11. The average Bonchev–Trinajstić information content (AvgIpc) is 2.39. The van der Waals surface area contributed by atoms with Gasteiger partial charge in [-0.2, -0.15) is 0 Å². The molecule has 106 valence electrons. The van der Waals surface area contributed by atoms with Crippen LogP contribution in [0.1, 0.15) is 44.1 Å². The van der Waals surface area contributed by atoms with Crippen molar-refractivity contribution in [1.29, 1.82) is 0 Å². The first-order valence-electron chi connectivity index (χ1n) is 7.44. The van der Waals surface area contributed by atoms with Gasteiger partial charge in [-0.25, -0.2) is 9.97 Å². The molecule has 2 N–H and O–H groups in total. The van der Waals surface area contributed by atoms with Crippen LogP contribution in [0.3, 0.4) is 0 Å². The van der Waals surface area contributed by atoms with E-state index < -0.39 is 0 Å². The van der Waals surface area contributed by atoms with Gasteiger partial charge in [0.25, 0.3) is 0 Å². The van der Waals surface area contributed by atoms with Crippen molar-refractivity contribution in [2.24, 2.45) is 11.7 Å². The molecule has 1 aliphatic rings. The second-order valence-electron chi connectivity index (χ2n) is 5.55. The smallest absolute Gasteiger partial charge is 0.132 e. The van der Waals surface area contributed by atoms with E-state index in [0.29, 0.717) is 12.0 Å². The van der Waals surface area contributed by atoms with Gasteiger partial charge in [-0.15, -0.1) is 0 Å². The molecule has 0 amide bonds. The second-order valence-corrected chi connectivity index (χ2v) is 5.55. The number of hydrogen-bond donors (Lipinski definition) is 1. The standard InChI is InChI=1S/C15H26N4/c1-4-19(14-8-6-5-7-13(14)10-16)15-9-11(2)17-12(3)18-15/h9,13-14H,4-8,10,16H2,1-3H3. The largest absolute Gasteiger partial charge is 0.353 e. The zero-order valence-electron chi connectivity index (χ0n) is 12.4. The van der Waals surface area contributed by atoms with Crippen LogP contribution >= 0.6 is 0 Å². The molecule has 4 heteroatoms. The van der Waals surface area contributed by atoms with Crippen LogP contribution < -0.4 is 10.6 Å². The van der Waals surface area contributed by atoms with E-state index in [9.17, 15) is 0 Å². The fourth-order valence-electron chi connectivity index (χ4n) is 3.28. The Labute approximate surface area is 116 Å². The first kappa shape index (κ1) is 14.3. The summed E-state index contributed by atoms with van der Waals surface area (Å²) in [4.78, 5) is 11.4. The van der Waals surface area contributed by atoms with Crippen molar-refractivity contribution in [2.45, 2.75) is 52.5 Å². The maximum Gasteiger partial charge on any atom is 0.132 e. The number of hydrogen-bond acceptors (Lipinski definition) is 4. The Morgan fingerprint density at radius 1 is 1.26 bits per heavy atom. The number of anilines is 1. The minimum absolute atomic E-state index is 0.539. The molecule has 2 atom stereocenters. The Morgan fingerprint density at radius 3 is 2.63 bits per heavy atom. The normalized spacial score (nSPS) is 23.4. The Hall–Kier alpha value is -1.16. The van der Waals surface area contributed by atoms with Crippen LogP contribution in [0.25, 0.3) is 0 Å². The lowest BCUT2D eigenvalue weighted by molar-refractivity contribution is 0.299. The van der Waals surface area contributed by atoms with Crippen LogP contribution in [0.15, 0.2) is 6.07 Å². The maximum absolute atomic E-state index is 5.96. The lowest BCUT2D eigenvalue weighted by Crippen LogP contribution is -2.45. The molecule has 1 aliphatic carbocycles. The van der Waals surface area contributed by atoms with Crippen LogP contribution in [0, 0.1) is 19.8 Å². The molecule has 1 fully saturated rings. The Morgan fingerprint density at radius 2 is 2.00 bits per heavy atom. The van der Waals surface area contributed by atoms with Gasteiger partial charge < -0.3 is 10.6 Å². The van der Waals surface area contributed by atoms with Crippen molar-refractivity contribution in [1.82, 2.24) is 9.97 Å². The topological polar surface area (TPSA) is 55.0 Å². The summed E-state index contributed by atoms with van der Waals surface area (Å²) in [6.45, 7) is 7.97. The van der Waals surface area contributed by atoms with E-state index in [1.165, 1.54) is 25.7 Å². The minimum Gasteiger partial charge on any atom is -0.353 e. The number of aryl methyl sites for hydroxylation is 2. The first-order chi connectivity index (χ1) is 9.15. The Bertz CT molecular complexity index is 398. The van der Waals surface area contributed by atoms with Crippen molar-refractivity contribution >= 4 is 5.82 Å². The lowest BCUT2D eigenvalue weighted by atomic mass is 9.83. The van der Waals surface area contributed by atoms with Crippen molar-refractivity contribution < 1.29 is 0 Å². The quantitative estimate of drug-likeness (QED) is 0.905. The van der Waals surface area contributed by atoms with E-state index in [-0.39, 0.29) is 0 Å². The third-order valence-corrected chi connectivity index (χ3v) is 4.16. The van der Waals surface area contributed by atoms with Gasteiger partial charge in [-0.1, -0.05) is 12.8 Å². The van der Waals surface area contributed by atoms with Gasteiger partial charge in [0.05, 0.1) is 0 Å². The molecule has 1 heterocycles. The predicted octanol–water partition coefficient (Wildman–Crippen LogP) is 2.44. The van der Waals surface area contributed by atoms with Crippen LogP contribution in [-0.2, 0) is 0 Å². The molecule has 1 saturated carbocycles. The van der Waals surface area contributed by atoms with Crippen molar-refractivity contribution in [3.8, 4) is 0 Å². The van der Waals surface area contributed by atoms with Crippen molar-refractivity contribution in [3.05, 3.63) is 17.6 Å². The fraction of sp³-hybridized carbons (Fsp3) is 0.733. The molecule has 0 aromatic carbocycles. The van der Waals surface area contributed by atoms with E-state index in [1.54, 1.807) is 0 Å². The molecule has 19 heavy (non-hydrogen) atoms. The van der Waals surface area contributed by atoms with Gasteiger partial charge >= 0.3 is 0 Å². The van der Waals surface area contributed by atoms with Gasteiger partial charge in [-0.3, -0.25) is 0 Å². The molecule has 1 aromatic rings. The molecule has 0 radical (unpaired) electrons. The summed E-state index contributed by atoms with van der Waals surface area (Å²) in [7, 11) is 0. The molecule has 0 bridgehead atoms.